The maximum absolute atomic E-state index is 10.7. The first-order valence-corrected chi connectivity index (χ1v) is 6.25. The second kappa shape index (κ2) is 6.05. The lowest BCUT2D eigenvalue weighted by Gasteiger charge is -2.23. The molecule has 0 heterocycles. The van der Waals surface area contributed by atoms with Gasteiger partial charge < -0.3 is 9.64 Å². The molecule has 0 unspecified atom stereocenters. The zero-order valence-corrected chi connectivity index (χ0v) is 11.2. The molecular weight excluding hydrogens is 238 g/mol. The first-order chi connectivity index (χ1) is 9.28. The van der Waals surface area contributed by atoms with Gasteiger partial charge in [0.1, 0.15) is 12.0 Å². The van der Waals surface area contributed by atoms with Crippen molar-refractivity contribution in [3.05, 3.63) is 54.1 Å². The number of anilines is 2. The van der Waals surface area contributed by atoms with E-state index in [1.54, 1.807) is 7.11 Å². The molecule has 0 aliphatic rings. The van der Waals surface area contributed by atoms with Crippen LogP contribution in [0.15, 0.2) is 48.5 Å². The summed E-state index contributed by atoms with van der Waals surface area (Å²) in [4.78, 5) is 12.8. The molecule has 3 heteroatoms. The first kappa shape index (κ1) is 13.1. The summed E-state index contributed by atoms with van der Waals surface area (Å²) in [6.45, 7) is 2.95. The Bertz CT molecular complexity index is 532. The van der Waals surface area contributed by atoms with E-state index in [-0.39, 0.29) is 0 Å². The van der Waals surface area contributed by atoms with E-state index in [1.165, 1.54) is 0 Å². The second-order valence-electron chi connectivity index (χ2n) is 4.15. The Morgan fingerprint density at radius 2 is 1.53 bits per heavy atom. The Morgan fingerprint density at radius 3 is 1.95 bits per heavy atom. The average molecular weight is 255 g/mol. The van der Waals surface area contributed by atoms with Gasteiger partial charge in [0.2, 0.25) is 0 Å². The smallest absolute Gasteiger partial charge is 0.150 e. The molecule has 3 nitrogen and oxygen atoms in total. The van der Waals surface area contributed by atoms with Crippen LogP contribution in [0.4, 0.5) is 11.4 Å². The van der Waals surface area contributed by atoms with Gasteiger partial charge in [-0.25, -0.2) is 0 Å². The van der Waals surface area contributed by atoms with Crippen LogP contribution in [0.5, 0.6) is 5.75 Å². The summed E-state index contributed by atoms with van der Waals surface area (Å²) in [5.74, 6) is 0.844. The number of hydrogen-bond donors (Lipinski definition) is 0. The average Bonchev–Trinajstić information content (AvgIpc) is 2.49. The molecule has 0 aliphatic heterocycles. The monoisotopic (exact) mass is 255 g/mol. The Morgan fingerprint density at radius 1 is 1.00 bits per heavy atom. The Balaban J connectivity index is 2.28. The van der Waals surface area contributed by atoms with Gasteiger partial charge >= 0.3 is 0 Å². The molecule has 98 valence electrons. The number of hydrogen-bond acceptors (Lipinski definition) is 3. The highest BCUT2D eigenvalue weighted by atomic mass is 16.5. The van der Waals surface area contributed by atoms with Gasteiger partial charge in [-0.1, -0.05) is 0 Å². The number of aldehydes is 1. The van der Waals surface area contributed by atoms with Gasteiger partial charge in [0.15, 0.2) is 0 Å². The van der Waals surface area contributed by atoms with Crippen LogP contribution < -0.4 is 9.64 Å². The van der Waals surface area contributed by atoms with Crippen LogP contribution in [0.1, 0.15) is 17.3 Å². The SMILES string of the molecule is CCN(c1ccc(C=O)cc1)c1ccc(OC)cc1. The van der Waals surface area contributed by atoms with E-state index < -0.39 is 0 Å². The highest BCUT2D eigenvalue weighted by Crippen LogP contribution is 2.26. The minimum absolute atomic E-state index is 0.689. The van der Waals surface area contributed by atoms with Crippen molar-refractivity contribution in [3.63, 3.8) is 0 Å². The maximum atomic E-state index is 10.7. The van der Waals surface area contributed by atoms with Gasteiger partial charge in [0.25, 0.3) is 0 Å². The van der Waals surface area contributed by atoms with Crippen molar-refractivity contribution in [1.82, 2.24) is 0 Å². The molecule has 0 saturated carbocycles. The van der Waals surface area contributed by atoms with Crippen LogP contribution in [0.3, 0.4) is 0 Å². The number of rotatable bonds is 5. The van der Waals surface area contributed by atoms with E-state index in [0.717, 1.165) is 30.0 Å². The van der Waals surface area contributed by atoms with Gasteiger partial charge in [0.05, 0.1) is 7.11 Å². The van der Waals surface area contributed by atoms with Crippen molar-refractivity contribution in [1.29, 1.82) is 0 Å². The molecule has 2 rings (SSSR count). The lowest BCUT2D eigenvalue weighted by Crippen LogP contribution is -2.15. The number of methoxy groups -OCH3 is 1. The summed E-state index contributed by atoms with van der Waals surface area (Å²) in [7, 11) is 1.66. The predicted octanol–water partition coefficient (Wildman–Crippen LogP) is 3.67. The number of benzene rings is 2. The van der Waals surface area contributed by atoms with Gasteiger partial charge in [0, 0.05) is 23.5 Å². The molecule has 2 aromatic carbocycles. The molecule has 19 heavy (non-hydrogen) atoms. The van der Waals surface area contributed by atoms with Crippen LogP contribution in [0.2, 0.25) is 0 Å². The topological polar surface area (TPSA) is 29.5 Å². The lowest BCUT2D eigenvalue weighted by molar-refractivity contribution is 0.112. The minimum atomic E-state index is 0.689. The van der Waals surface area contributed by atoms with Gasteiger partial charge in [-0.2, -0.15) is 0 Å². The van der Waals surface area contributed by atoms with E-state index in [0.29, 0.717) is 5.56 Å². The molecule has 0 atom stereocenters. The van der Waals surface area contributed by atoms with Crippen LogP contribution in [0.25, 0.3) is 0 Å². The number of nitrogens with zero attached hydrogens (tertiary/aromatic N) is 1. The highest BCUT2D eigenvalue weighted by molar-refractivity contribution is 5.76. The van der Waals surface area contributed by atoms with Crippen molar-refractivity contribution < 1.29 is 9.53 Å². The van der Waals surface area contributed by atoms with E-state index in [1.807, 2.05) is 48.5 Å². The van der Waals surface area contributed by atoms with E-state index in [9.17, 15) is 4.79 Å². The summed E-state index contributed by atoms with van der Waals surface area (Å²) < 4.78 is 5.16. The number of ether oxygens (including phenoxy) is 1. The van der Waals surface area contributed by atoms with Crippen LogP contribution in [0, 0.1) is 0 Å². The van der Waals surface area contributed by atoms with E-state index in [2.05, 4.69) is 11.8 Å². The van der Waals surface area contributed by atoms with Crippen molar-refractivity contribution in [2.24, 2.45) is 0 Å². The van der Waals surface area contributed by atoms with Gasteiger partial charge in [-0.3, -0.25) is 4.79 Å². The number of carbonyl (C=O) groups is 1. The molecule has 0 aliphatic carbocycles. The molecule has 0 aromatic heterocycles. The summed E-state index contributed by atoms with van der Waals surface area (Å²) in [5.41, 5.74) is 2.86. The molecule has 2 aromatic rings. The summed E-state index contributed by atoms with van der Waals surface area (Å²) in [6, 6.07) is 15.5. The quantitative estimate of drug-likeness (QED) is 0.763. The zero-order valence-electron chi connectivity index (χ0n) is 11.2. The fourth-order valence-corrected chi connectivity index (χ4v) is 2.01. The Hall–Kier alpha value is -2.29. The molecular formula is C16H17NO2. The number of carbonyl (C=O) groups excluding carboxylic acids is 1. The Kier molecular flexibility index (Phi) is 4.18. The molecule has 0 radical (unpaired) electrons. The fourth-order valence-electron chi connectivity index (χ4n) is 2.01. The normalized spacial score (nSPS) is 10.0. The van der Waals surface area contributed by atoms with Crippen LogP contribution in [-0.2, 0) is 0 Å². The molecule has 0 fully saturated rings. The Labute approximate surface area is 113 Å². The molecule has 0 amide bonds. The standard InChI is InChI=1S/C16H17NO2/c1-3-17(14-6-4-13(12-18)5-7-14)15-8-10-16(19-2)11-9-15/h4-12H,3H2,1-2H3. The highest BCUT2D eigenvalue weighted by Gasteiger charge is 2.07. The minimum Gasteiger partial charge on any atom is -0.497 e. The van der Waals surface area contributed by atoms with Crippen molar-refractivity contribution in [3.8, 4) is 5.75 Å². The van der Waals surface area contributed by atoms with E-state index >= 15 is 0 Å². The van der Waals surface area contributed by atoms with Gasteiger partial charge in [-0.15, -0.1) is 0 Å². The van der Waals surface area contributed by atoms with Crippen LogP contribution in [-0.4, -0.2) is 19.9 Å². The van der Waals surface area contributed by atoms with Crippen molar-refractivity contribution in [2.75, 3.05) is 18.6 Å². The zero-order chi connectivity index (χ0) is 13.7. The maximum Gasteiger partial charge on any atom is 0.150 e. The molecule has 0 N–H and O–H groups in total. The largest absolute Gasteiger partial charge is 0.497 e. The molecule has 0 saturated heterocycles. The summed E-state index contributed by atoms with van der Waals surface area (Å²) >= 11 is 0. The van der Waals surface area contributed by atoms with Crippen molar-refractivity contribution in [2.45, 2.75) is 6.92 Å². The van der Waals surface area contributed by atoms with Crippen LogP contribution >= 0.6 is 0 Å². The van der Waals surface area contributed by atoms with E-state index in [4.69, 9.17) is 4.74 Å². The second-order valence-corrected chi connectivity index (χ2v) is 4.15. The first-order valence-electron chi connectivity index (χ1n) is 6.25. The summed E-state index contributed by atoms with van der Waals surface area (Å²) in [5, 5.41) is 0. The third-order valence-corrected chi connectivity index (χ3v) is 3.04. The van der Waals surface area contributed by atoms with Gasteiger partial charge in [-0.05, 0) is 55.5 Å². The third-order valence-electron chi connectivity index (χ3n) is 3.04. The molecule has 0 spiro atoms. The summed E-state index contributed by atoms with van der Waals surface area (Å²) in [6.07, 6.45) is 0.855. The van der Waals surface area contributed by atoms with Crippen molar-refractivity contribution >= 4 is 17.7 Å². The lowest BCUT2D eigenvalue weighted by atomic mass is 10.2. The predicted molar refractivity (Wildman–Crippen MR) is 77.5 cm³/mol. The fraction of sp³-hybridized carbons (Fsp3) is 0.188. The third kappa shape index (κ3) is 2.94. The molecule has 0 bridgehead atoms.